The van der Waals surface area contributed by atoms with E-state index in [1.807, 2.05) is 102 Å². The Kier molecular flexibility index (Phi) is 10.8. The van der Waals surface area contributed by atoms with E-state index in [1.54, 1.807) is 43.2 Å². The quantitative estimate of drug-likeness (QED) is 0.0609. The van der Waals surface area contributed by atoms with Crippen LogP contribution < -0.4 is 20.7 Å². The first-order valence-electron chi connectivity index (χ1n) is 22.6. The first-order valence-corrected chi connectivity index (χ1v) is 23.5. The molecule has 344 valence electrons. The number of nitrogens with one attached hydrogen (secondary N) is 7. The highest BCUT2D eigenvalue weighted by molar-refractivity contribution is 7.13. The Morgan fingerprint density at radius 1 is 0.729 bits per heavy atom. The Hall–Kier alpha value is -9.00. The number of carbonyl (C=O) groups excluding carboxylic acids is 1. The minimum Gasteiger partial charge on any atom is -0.491 e. The van der Waals surface area contributed by atoms with Gasteiger partial charge in [0.1, 0.15) is 16.5 Å². The molecule has 0 bridgehead atoms. The van der Waals surface area contributed by atoms with Gasteiger partial charge >= 0.3 is 0 Å². The van der Waals surface area contributed by atoms with Gasteiger partial charge in [0.15, 0.2) is 23.2 Å². The molecule has 7 aromatic heterocycles. The zero-order chi connectivity index (χ0) is 47.1. The van der Waals surface area contributed by atoms with Gasteiger partial charge in [0, 0.05) is 117 Å². The number of H-pyrrole nitrogens is 4. The average molecular weight is 942 g/mol. The molecular weight excluding hydrogens is 899 g/mol. The molecule has 70 heavy (non-hydrogen) atoms. The minimum absolute atomic E-state index is 0.0250. The number of aromatic nitrogens is 11. The van der Waals surface area contributed by atoms with Crippen LogP contribution in [0.1, 0.15) is 17.4 Å². The lowest BCUT2D eigenvalue weighted by Gasteiger charge is -2.33. The second kappa shape index (κ2) is 17.9. The number of amides is 1. The molecule has 1 aliphatic heterocycles. The summed E-state index contributed by atoms with van der Waals surface area (Å²) >= 11 is 1.58. The molecular formula is C52H43N15O2S. The topological polar surface area (TPSA) is 219 Å². The van der Waals surface area contributed by atoms with E-state index in [0.29, 0.717) is 52.7 Å². The third-order valence-corrected chi connectivity index (χ3v) is 13.3. The van der Waals surface area contributed by atoms with E-state index in [-0.39, 0.29) is 11.9 Å². The lowest BCUT2D eigenvalue weighted by atomic mass is 10.0. The second-order valence-electron chi connectivity index (χ2n) is 17.0. The third-order valence-electron chi connectivity index (χ3n) is 12.5. The Balaban J connectivity index is 0.951. The second-order valence-corrected chi connectivity index (χ2v) is 17.9. The van der Waals surface area contributed by atoms with Crippen LogP contribution in [0.4, 0.5) is 23.0 Å². The number of hydrogen-bond acceptors (Lipinski definition) is 13. The van der Waals surface area contributed by atoms with Crippen LogP contribution in [0.5, 0.6) is 5.75 Å². The largest absolute Gasteiger partial charge is 0.491 e. The summed E-state index contributed by atoms with van der Waals surface area (Å²) in [7, 11) is 1.60. The smallest absolute Gasteiger partial charge is 0.270 e. The predicted octanol–water partition coefficient (Wildman–Crippen LogP) is 10.1. The molecule has 17 nitrogen and oxygen atoms in total. The maximum Gasteiger partial charge on any atom is 0.270 e. The van der Waals surface area contributed by atoms with Gasteiger partial charge in [0.25, 0.3) is 5.91 Å². The Labute approximate surface area is 403 Å². The Morgan fingerprint density at radius 2 is 1.47 bits per heavy atom. The summed E-state index contributed by atoms with van der Waals surface area (Å²) in [5.41, 5.74) is 11.5. The molecule has 4 aromatic carbocycles. The van der Waals surface area contributed by atoms with E-state index in [9.17, 15) is 4.79 Å². The molecule has 1 saturated heterocycles. The first kappa shape index (κ1) is 42.4. The van der Waals surface area contributed by atoms with E-state index >= 15 is 0 Å². The van der Waals surface area contributed by atoms with Crippen LogP contribution in [0.2, 0.25) is 0 Å². The standard InChI is InChI=1S/C52H43N15O2S/c1-29-23-53-13-15-67(29)52(68)45-19-33-4-6-35(21-42(33)62-45)49-64-43(22-47(65-49)60-38-10-7-30(8-11-38)36-24-56-57-25-36)39-17-31(37-26-58-59-27-37)9-12-40(39)63-50-46(69-2)28-55-48(66-50)34-5-3-32-18-44(61-41(32)20-34)51-54-14-16-70-51/h3-12,14,16-22,24-29,53,61-62H,13,15,23H2,1-2H3,(H,56,57)(H,58,59)(H,55,63,66)(H,60,64,65)/t29-/m1/s1. The highest BCUT2D eigenvalue weighted by Crippen LogP contribution is 2.39. The normalized spacial score (nSPS) is 13.8. The van der Waals surface area contributed by atoms with Crippen LogP contribution in [0.3, 0.4) is 0 Å². The Morgan fingerprint density at radius 3 is 2.21 bits per heavy atom. The summed E-state index contributed by atoms with van der Waals surface area (Å²) in [6.07, 6.45) is 10.8. The maximum absolute atomic E-state index is 13.7. The number of benzene rings is 4. The number of methoxy groups -OCH3 is 1. The molecule has 1 amide bonds. The molecule has 7 N–H and O–H groups in total. The van der Waals surface area contributed by atoms with E-state index in [2.05, 4.69) is 76.4 Å². The van der Waals surface area contributed by atoms with Gasteiger partial charge in [-0.15, -0.1) is 11.3 Å². The fourth-order valence-electron chi connectivity index (χ4n) is 8.83. The molecule has 8 heterocycles. The summed E-state index contributed by atoms with van der Waals surface area (Å²) in [5.74, 6) is 2.42. The number of rotatable bonds is 12. The van der Waals surface area contributed by atoms with Crippen molar-refractivity contribution in [2.75, 3.05) is 37.4 Å². The van der Waals surface area contributed by atoms with Crippen molar-refractivity contribution < 1.29 is 9.53 Å². The number of anilines is 4. The van der Waals surface area contributed by atoms with Crippen molar-refractivity contribution in [3.8, 4) is 72.7 Å². The van der Waals surface area contributed by atoms with Crippen LogP contribution in [0.15, 0.2) is 140 Å². The molecule has 0 aliphatic carbocycles. The van der Waals surface area contributed by atoms with Gasteiger partial charge in [0.05, 0.1) is 37.1 Å². The van der Waals surface area contributed by atoms with Crippen molar-refractivity contribution in [2.45, 2.75) is 13.0 Å². The molecule has 0 spiro atoms. The molecule has 1 fully saturated rings. The summed E-state index contributed by atoms with van der Waals surface area (Å²) in [5, 5.41) is 29.6. The molecule has 1 aliphatic rings. The number of fused-ring (bicyclic) bond motifs is 2. The highest BCUT2D eigenvalue weighted by atomic mass is 32.1. The molecule has 0 unspecified atom stereocenters. The lowest BCUT2D eigenvalue weighted by molar-refractivity contribution is 0.0650. The lowest BCUT2D eigenvalue weighted by Crippen LogP contribution is -2.52. The SMILES string of the molecule is COc1cnc(-c2ccc3cc(-c4nccs4)[nH]c3c2)nc1Nc1ccc(-c2cn[nH]c2)cc1-c1cc(Nc2ccc(-c3cn[nH]c3)cc2)nc(-c2ccc3cc(C(=O)N4CCNC[C@H]4C)[nH]c3c2)n1. The monoisotopic (exact) mass is 941 g/mol. The number of hydrogen-bond donors (Lipinski definition) is 7. The average Bonchev–Trinajstić information content (AvgIpc) is 4.26. The van der Waals surface area contributed by atoms with E-state index in [4.69, 9.17) is 24.7 Å². The van der Waals surface area contributed by atoms with Crippen LogP contribution in [0.25, 0.3) is 88.8 Å². The molecule has 11 aromatic rings. The number of piperazine rings is 1. The number of carbonyl (C=O) groups is 1. The number of nitrogens with zero attached hydrogens (tertiary/aromatic N) is 8. The molecule has 12 rings (SSSR count). The van der Waals surface area contributed by atoms with Gasteiger partial charge in [-0.1, -0.05) is 42.5 Å². The van der Waals surface area contributed by atoms with Crippen molar-refractivity contribution in [1.29, 1.82) is 0 Å². The third kappa shape index (κ3) is 8.26. The first-order chi connectivity index (χ1) is 34.4. The van der Waals surface area contributed by atoms with Gasteiger partial charge in [0.2, 0.25) is 0 Å². The molecule has 18 heteroatoms. The maximum atomic E-state index is 13.7. The number of ether oxygens (including phenoxy) is 1. The fraction of sp³-hybridized carbons (Fsp3) is 0.115. The van der Waals surface area contributed by atoms with Gasteiger partial charge in [-0.25, -0.2) is 24.9 Å². The van der Waals surface area contributed by atoms with Gasteiger partial charge in [-0.2, -0.15) is 10.2 Å². The Bertz CT molecular complexity index is 3660. The number of thiazole rings is 1. The molecule has 0 radical (unpaired) electrons. The van der Waals surface area contributed by atoms with Crippen molar-refractivity contribution in [1.82, 2.24) is 65.5 Å². The van der Waals surface area contributed by atoms with Crippen molar-refractivity contribution in [3.63, 3.8) is 0 Å². The highest BCUT2D eigenvalue weighted by Gasteiger charge is 2.26. The van der Waals surface area contributed by atoms with Gasteiger partial charge in [-0.3, -0.25) is 15.0 Å². The zero-order valence-electron chi connectivity index (χ0n) is 37.8. The van der Waals surface area contributed by atoms with Gasteiger partial charge in [-0.05, 0) is 66.6 Å². The summed E-state index contributed by atoms with van der Waals surface area (Å²) < 4.78 is 5.85. The molecule has 1 atom stereocenters. The van der Waals surface area contributed by atoms with E-state index in [0.717, 1.165) is 90.2 Å². The van der Waals surface area contributed by atoms with Crippen LogP contribution in [0, 0.1) is 0 Å². The summed E-state index contributed by atoms with van der Waals surface area (Å²) in [6, 6.07) is 32.3. The van der Waals surface area contributed by atoms with E-state index < -0.39 is 0 Å². The van der Waals surface area contributed by atoms with Crippen LogP contribution >= 0.6 is 11.3 Å². The summed E-state index contributed by atoms with van der Waals surface area (Å²) in [4.78, 5) is 47.2. The number of aromatic amines is 4. The predicted molar refractivity (Wildman–Crippen MR) is 273 cm³/mol. The minimum atomic E-state index is -0.0250. The zero-order valence-corrected chi connectivity index (χ0v) is 38.6. The van der Waals surface area contributed by atoms with Crippen LogP contribution in [-0.2, 0) is 0 Å². The molecule has 0 saturated carbocycles. The fourth-order valence-corrected chi connectivity index (χ4v) is 9.44. The van der Waals surface area contributed by atoms with E-state index in [1.165, 1.54) is 0 Å². The van der Waals surface area contributed by atoms with Gasteiger partial charge < -0.3 is 35.6 Å². The van der Waals surface area contributed by atoms with Crippen molar-refractivity contribution >= 4 is 62.1 Å². The summed E-state index contributed by atoms with van der Waals surface area (Å²) in [6.45, 7) is 4.22. The van der Waals surface area contributed by atoms with Crippen molar-refractivity contribution in [2.24, 2.45) is 0 Å². The van der Waals surface area contributed by atoms with Crippen LogP contribution in [-0.4, -0.2) is 98.9 Å². The van der Waals surface area contributed by atoms with Crippen molar-refractivity contribution in [3.05, 3.63) is 145 Å².